The Morgan fingerprint density at radius 3 is 2.86 bits per heavy atom. The third-order valence-corrected chi connectivity index (χ3v) is 3.58. The summed E-state index contributed by atoms with van der Waals surface area (Å²) in [6.07, 6.45) is -0.839. The highest BCUT2D eigenvalue weighted by atomic mass is 16.5. The van der Waals surface area contributed by atoms with Crippen LogP contribution in [0.1, 0.15) is 0 Å². The smallest absolute Gasteiger partial charge is 0.260 e. The molecule has 0 radical (unpaired) electrons. The van der Waals surface area contributed by atoms with Crippen molar-refractivity contribution >= 4 is 17.5 Å². The largest absolute Gasteiger partial charge is 0.477 e. The standard InChI is InChI=1S/C14H17N3O4/c15-13(18)12-7-17(10-3-1-2-4-11(10)21-12)14(19)9-8-20-6-5-16-9/h1-4,9,12,16H,5-8H2,(H2,15,18). The van der Waals surface area contributed by atoms with Gasteiger partial charge in [-0.1, -0.05) is 12.1 Å². The summed E-state index contributed by atoms with van der Waals surface area (Å²) in [5.41, 5.74) is 5.97. The van der Waals surface area contributed by atoms with Crippen molar-refractivity contribution in [2.45, 2.75) is 12.1 Å². The predicted molar refractivity (Wildman–Crippen MR) is 75.0 cm³/mol. The van der Waals surface area contributed by atoms with Crippen molar-refractivity contribution in [2.24, 2.45) is 5.73 Å². The highest BCUT2D eigenvalue weighted by Crippen LogP contribution is 2.33. The predicted octanol–water partition coefficient (Wildman–Crippen LogP) is -0.746. The van der Waals surface area contributed by atoms with Gasteiger partial charge in [-0.05, 0) is 12.1 Å². The maximum absolute atomic E-state index is 12.7. The molecule has 2 unspecified atom stereocenters. The third-order valence-electron chi connectivity index (χ3n) is 3.58. The lowest BCUT2D eigenvalue weighted by molar-refractivity contribution is -0.126. The molecule has 112 valence electrons. The fourth-order valence-electron chi connectivity index (χ4n) is 2.50. The van der Waals surface area contributed by atoms with Gasteiger partial charge >= 0.3 is 0 Å². The number of morpholine rings is 1. The van der Waals surface area contributed by atoms with Crippen LogP contribution < -0.4 is 20.7 Å². The molecule has 21 heavy (non-hydrogen) atoms. The number of nitrogens with one attached hydrogen (secondary N) is 1. The van der Waals surface area contributed by atoms with Gasteiger partial charge in [0.25, 0.3) is 5.91 Å². The quantitative estimate of drug-likeness (QED) is 0.748. The Kier molecular flexibility index (Phi) is 3.76. The Balaban J connectivity index is 1.88. The van der Waals surface area contributed by atoms with Crippen molar-refractivity contribution in [2.75, 3.05) is 31.2 Å². The average Bonchev–Trinajstić information content (AvgIpc) is 2.54. The van der Waals surface area contributed by atoms with Crippen LogP contribution in [0, 0.1) is 0 Å². The maximum Gasteiger partial charge on any atom is 0.260 e. The summed E-state index contributed by atoms with van der Waals surface area (Å²) in [5.74, 6) is -0.246. The van der Waals surface area contributed by atoms with Gasteiger partial charge in [0.1, 0.15) is 11.8 Å². The van der Waals surface area contributed by atoms with Crippen LogP contribution in [0.5, 0.6) is 5.75 Å². The fraction of sp³-hybridized carbons (Fsp3) is 0.429. The first-order valence-electron chi connectivity index (χ1n) is 6.84. The Morgan fingerprint density at radius 2 is 2.14 bits per heavy atom. The number of fused-ring (bicyclic) bond motifs is 1. The molecule has 3 N–H and O–H groups in total. The number of ether oxygens (including phenoxy) is 2. The lowest BCUT2D eigenvalue weighted by Gasteiger charge is -2.36. The van der Waals surface area contributed by atoms with E-state index in [-0.39, 0.29) is 12.5 Å². The van der Waals surface area contributed by atoms with E-state index >= 15 is 0 Å². The molecule has 0 spiro atoms. The molecule has 2 aliphatic heterocycles. The van der Waals surface area contributed by atoms with Gasteiger partial charge in [0.2, 0.25) is 5.91 Å². The van der Waals surface area contributed by atoms with Crippen LogP contribution in [-0.4, -0.2) is 50.3 Å². The van der Waals surface area contributed by atoms with Crippen LogP contribution in [0.3, 0.4) is 0 Å². The van der Waals surface area contributed by atoms with E-state index in [9.17, 15) is 9.59 Å². The molecule has 1 aromatic carbocycles. The molecule has 0 aromatic heterocycles. The maximum atomic E-state index is 12.7. The summed E-state index contributed by atoms with van der Waals surface area (Å²) < 4.78 is 10.9. The Bertz CT molecular complexity index is 557. The van der Waals surface area contributed by atoms with Gasteiger partial charge in [0, 0.05) is 6.54 Å². The number of rotatable bonds is 2. The normalized spacial score (nSPS) is 24.9. The molecule has 3 rings (SSSR count). The van der Waals surface area contributed by atoms with Gasteiger partial charge in [-0.2, -0.15) is 0 Å². The monoisotopic (exact) mass is 291 g/mol. The van der Waals surface area contributed by atoms with Crippen LogP contribution in [-0.2, 0) is 14.3 Å². The number of nitrogens with two attached hydrogens (primary N) is 1. The molecule has 0 saturated carbocycles. The molecule has 2 amide bonds. The van der Waals surface area contributed by atoms with Crippen LogP contribution in [0.2, 0.25) is 0 Å². The van der Waals surface area contributed by atoms with E-state index in [0.29, 0.717) is 31.2 Å². The number of anilines is 1. The molecule has 0 aliphatic carbocycles. The van der Waals surface area contributed by atoms with Crippen LogP contribution in [0.4, 0.5) is 5.69 Å². The average molecular weight is 291 g/mol. The number of carbonyl (C=O) groups excluding carboxylic acids is 2. The molecule has 1 fully saturated rings. The van der Waals surface area contributed by atoms with E-state index in [2.05, 4.69) is 5.32 Å². The van der Waals surface area contributed by atoms with Crippen molar-refractivity contribution in [3.63, 3.8) is 0 Å². The van der Waals surface area contributed by atoms with Crippen LogP contribution >= 0.6 is 0 Å². The number of nitrogens with zero attached hydrogens (tertiary/aromatic N) is 1. The molecule has 2 heterocycles. The zero-order chi connectivity index (χ0) is 14.8. The lowest BCUT2D eigenvalue weighted by Crippen LogP contribution is -2.57. The fourth-order valence-corrected chi connectivity index (χ4v) is 2.50. The second kappa shape index (κ2) is 5.71. The zero-order valence-corrected chi connectivity index (χ0v) is 11.5. The van der Waals surface area contributed by atoms with Crippen LogP contribution in [0.25, 0.3) is 0 Å². The first-order valence-corrected chi connectivity index (χ1v) is 6.84. The van der Waals surface area contributed by atoms with Crippen molar-refractivity contribution in [1.29, 1.82) is 0 Å². The first-order chi connectivity index (χ1) is 10.2. The second-order valence-corrected chi connectivity index (χ2v) is 5.01. The van der Waals surface area contributed by atoms with E-state index in [4.69, 9.17) is 15.2 Å². The SMILES string of the molecule is NC(=O)C1CN(C(=O)C2COCCN2)c2ccccc2O1. The van der Waals surface area contributed by atoms with E-state index < -0.39 is 18.1 Å². The summed E-state index contributed by atoms with van der Waals surface area (Å²) in [4.78, 5) is 25.6. The molecule has 2 aliphatic rings. The number of para-hydroxylation sites is 2. The summed E-state index contributed by atoms with van der Waals surface area (Å²) >= 11 is 0. The van der Waals surface area contributed by atoms with Gasteiger partial charge in [-0.3, -0.25) is 9.59 Å². The topological polar surface area (TPSA) is 93.9 Å². The summed E-state index contributed by atoms with van der Waals surface area (Å²) in [7, 11) is 0. The number of amides is 2. The van der Waals surface area contributed by atoms with Crippen molar-refractivity contribution in [3.05, 3.63) is 24.3 Å². The molecular weight excluding hydrogens is 274 g/mol. The highest BCUT2D eigenvalue weighted by molar-refractivity contribution is 6.00. The number of hydrogen-bond donors (Lipinski definition) is 2. The zero-order valence-electron chi connectivity index (χ0n) is 11.5. The molecule has 7 heteroatoms. The van der Waals surface area contributed by atoms with Crippen molar-refractivity contribution < 1.29 is 19.1 Å². The van der Waals surface area contributed by atoms with Gasteiger partial charge in [-0.25, -0.2) is 0 Å². The molecular formula is C14H17N3O4. The molecule has 2 atom stereocenters. The van der Waals surface area contributed by atoms with Gasteiger partial charge < -0.3 is 25.4 Å². The number of hydrogen-bond acceptors (Lipinski definition) is 5. The van der Waals surface area contributed by atoms with Crippen molar-refractivity contribution in [3.8, 4) is 5.75 Å². The summed E-state index contributed by atoms with van der Waals surface area (Å²) in [5, 5.41) is 3.12. The minimum atomic E-state index is -0.839. The molecule has 0 bridgehead atoms. The van der Waals surface area contributed by atoms with E-state index in [0.717, 1.165) is 0 Å². The highest BCUT2D eigenvalue weighted by Gasteiger charge is 2.36. The lowest BCUT2D eigenvalue weighted by atomic mass is 10.1. The van der Waals surface area contributed by atoms with Crippen LogP contribution in [0.15, 0.2) is 24.3 Å². The number of primary amides is 1. The second-order valence-electron chi connectivity index (χ2n) is 5.01. The number of benzene rings is 1. The Hall–Kier alpha value is -2.12. The third kappa shape index (κ3) is 2.70. The van der Waals surface area contributed by atoms with E-state index in [1.165, 1.54) is 0 Å². The van der Waals surface area contributed by atoms with Gasteiger partial charge in [-0.15, -0.1) is 0 Å². The van der Waals surface area contributed by atoms with E-state index in [1.807, 2.05) is 6.07 Å². The molecule has 1 saturated heterocycles. The minimum absolute atomic E-state index is 0.114. The van der Waals surface area contributed by atoms with Gasteiger partial charge in [0.15, 0.2) is 6.10 Å². The molecule has 7 nitrogen and oxygen atoms in total. The van der Waals surface area contributed by atoms with Crippen molar-refractivity contribution in [1.82, 2.24) is 5.32 Å². The first kappa shape index (κ1) is 13.8. The molecule has 1 aromatic rings. The Morgan fingerprint density at radius 1 is 1.33 bits per heavy atom. The number of carbonyl (C=O) groups is 2. The summed E-state index contributed by atoms with van der Waals surface area (Å²) in [6, 6.07) is 6.69. The Labute approximate surface area is 122 Å². The summed E-state index contributed by atoms with van der Waals surface area (Å²) in [6.45, 7) is 1.65. The minimum Gasteiger partial charge on any atom is -0.477 e. The van der Waals surface area contributed by atoms with E-state index in [1.54, 1.807) is 23.1 Å². The van der Waals surface area contributed by atoms with Gasteiger partial charge in [0.05, 0.1) is 25.4 Å².